The number of aromatic nitrogens is 3. The molecule has 3 aromatic rings. The van der Waals surface area contributed by atoms with Gasteiger partial charge in [0.1, 0.15) is 0 Å². The fourth-order valence-corrected chi connectivity index (χ4v) is 3.31. The topological polar surface area (TPSA) is 72.1 Å². The standard InChI is InChI=1S/C17H14N4O2S/c22-15(21-9-7-12-4-1-2-6-14(12)21)11-24-17-20-19-16(23-17)13-5-3-8-18-10-13/h1-6,8,10H,7,9,11H2. The zero-order chi connectivity index (χ0) is 16.4. The second-order valence-corrected chi connectivity index (χ2v) is 6.25. The predicted octanol–water partition coefficient (Wildman–Crippen LogP) is 2.81. The molecule has 0 radical (unpaired) electrons. The molecule has 0 fully saturated rings. The van der Waals surface area contributed by atoms with Crippen molar-refractivity contribution < 1.29 is 9.21 Å². The van der Waals surface area contributed by atoms with E-state index in [2.05, 4.69) is 21.2 Å². The van der Waals surface area contributed by atoms with Crippen LogP contribution in [0.2, 0.25) is 0 Å². The minimum Gasteiger partial charge on any atom is -0.411 e. The van der Waals surface area contributed by atoms with E-state index in [9.17, 15) is 4.79 Å². The van der Waals surface area contributed by atoms with Crippen molar-refractivity contribution in [2.75, 3.05) is 17.2 Å². The second-order valence-electron chi connectivity index (χ2n) is 5.33. The molecule has 0 saturated heterocycles. The highest BCUT2D eigenvalue weighted by molar-refractivity contribution is 7.99. The molecule has 4 rings (SSSR count). The van der Waals surface area contributed by atoms with E-state index < -0.39 is 0 Å². The Kier molecular flexibility index (Phi) is 4.00. The minimum absolute atomic E-state index is 0.0473. The molecule has 1 aromatic carbocycles. The molecule has 1 amide bonds. The Morgan fingerprint density at radius 3 is 3.00 bits per heavy atom. The van der Waals surface area contributed by atoms with Gasteiger partial charge in [-0.25, -0.2) is 0 Å². The summed E-state index contributed by atoms with van der Waals surface area (Å²) in [5, 5.41) is 8.36. The number of pyridine rings is 1. The second kappa shape index (κ2) is 6.45. The van der Waals surface area contributed by atoms with Crippen molar-refractivity contribution in [1.29, 1.82) is 0 Å². The number of carbonyl (C=O) groups is 1. The van der Waals surface area contributed by atoms with E-state index in [-0.39, 0.29) is 11.7 Å². The maximum atomic E-state index is 12.5. The predicted molar refractivity (Wildman–Crippen MR) is 90.8 cm³/mol. The van der Waals surface area contributed by atoms with Crippen LogP contribution in [-0.4, -0.2) is 33.4 Å². The third-order valence-electron chi connectivity index (χ3n) is 3.82. The van der Waals surface area contributed by atoms with Crippen LogP contribution in [0.4, 0.5) is 5.69 Å². The number of carbonyl (C=O) groups excluding carboxylic acids is 1. The lowest BCUT2D eigenvalue weighted by molar-refractivity contribution is -0.116. The first-order valence-electron chi connectivity index (χ1n) is 7.56. The summed E-state index contributed by atoms with van der Waals surface area (Å²) < 4.78 is 5.58. The summed E-state index contributed by atoms with van der Waals surface area (Å²) >= 11 is 1.25. The highest BCUT2D eigenvalue weighted by Crippen LogP contribution is 2.29. The number of hydrogen-bond acceptors (Lipinski definition) is 6. The molecule has 120 valence electrons. The van der Waals surface area contributed by atoms with Crippen LogP contribution in [0.1, 0.15) is 5.56 Å². The van der Waals surface area contributed by atoms with Crippen LogP contribution < -0.4 is 4.90 Å². The molecule has 0 N–H and O–H groups in total. The van der Waals surface area contributed by atoms with E-state index in [1.807, 2.05) is 29.2 Å². The molecular weight excluding hydrogens is 324 g/mol. The third-order valence-corrected chi connectivity index (χ3v) is 4.63. The van der Waals surface area contributed by atoms with Gasteiger partial charge in [-0.05, 0) is 30.2 Å². The van der Waals surface area contributed by atoms with Gasteiger partial charge in [-0.3, -0.25) is 9.78 Å². The normalized spacial score (nSPS) is 13.1. The fraction of sp³-hybridized carbons (Fsp3) is 0.176. The number of nitrogens with zero attached hydrogens (tertiary/aromatic N) is 4. The van der Waals surface area contributed by atoms with Gasteiger partial charge in [0.05, 0.1) is 11.3 Å². The first kappa shape index (κ1) is 14.9. The Bertz CT molecular complexity index is 866. The van der Waals surface area contributed by atoms with Crippen LogP contribution in [0.15, 0.2) is 58.4 Å². The Labute approximate surface area is 142 Å². The van der Waals surface area contributed by atoms with Crippen LogP contribution in [0.5, 0.6) is 0 Å². The molecule has 0 atom stereocenters. The molecule has 24 heavy (non-hydrogen) atoms. The summed E-state index contributed by atoms with van der Waals surface area (Å²) in [6, 6.07) is 11.7. The lowest BCUT2D eigenvalue weighted by Gasteiger charge is -2.16. The van der Waals surface area contributed by atoms with E-state index in [1.54, 1.807) is 18.5 Å². The zero-order valence-electron chi connectivity index (χ0n) is 12.8. The summed E-state index contributed by atoms with van der Waals surface area (Å²) in [5.41, 5.74) is 2.98. The highest BCUT2D eigenvalue weighted by Gasteiger charge is 2.24. The summed E-state index contributed by atoms with van der Waals surface area (Å²) in [6.07, 6.45) is 4.24. The smallest absolute Gasteiger partial charge is 0.277 e. The first-order valence-corrected chi connectivity index (χ1v) is 8.55. The molecule has 0 bridgehead atoms. The maximum Gasteiger partial charge on any atom is 0.277 e. The molecule has 6 nitrogen and oxygen atoms in total. The lowest BCUT2D eigenvalue weighted by Crippen LogP contribution is -2.30. The van der Waals surface area contributed by atoms with Crippen molar-refractivity contribution in [3.05, 3.63) is 54.4 Å². The number of fused-ring (bicyclic) bond motifs is 1. The number of benzene rings is 1. The largest absolute Gasteiger partial charge is 0.411 e. The molecule has 2 aromatic heterocycles. The molecule has 0 unspecified atom stereocenters. The van der Waals surface area contributed by atoms with E-state index in [0.717, 1.165) is 24.2 Å². The number of anilines is 1. The monoisotopic (exact) mass is 338 g/mol. The van der Waals surface area contributed by atoms with Gasteiger partial charge in [-0.2, -0.15) is 0 Å². The third kappa shape index (κ3) is 2.90. The maximum absolute atomic E-state index is 12.5. The Morgan fingerprint density at radius 1 is 1.21 bits per heavy atom. The molecule has 7 heteroatoms. The Balaban J connectivity index is 1.41. The molecule has 0 aliphatic carbocycles. The zero-order valence-corrected chi connectivity index (χ0v) is 13.6. The van der Waals surface area contributed by atoms with Crippen LogP contribution >= 0.6 is 11.8 Å². The van der Waals surface area contributed by atoms with E-state index >= 15 is 0 Å². The average Bonchev–Trinajstić information content (AvgIpc) is 3.27. The van der Waals surface area contributed by atoms with Gasteiger partial charge in [-0.15, -0.1) is 10.2 Å². The molecule has 3 heterocycles. The quantitative estimate of drug-likeness (QED) is 0.681. The Morgan fingerprint density at radius 2 is 2.12 bits per heavy atom. The number of rotatable bonds is 4. The van der Waals surface area contributed by atoms with Gasteiger partial charge in [0.15, 0.2) is 0 Å². The van der Waals surface area contributed by atoms with Gasteiger partial charge in [0, 0.05) is 24.6 Å². The lowest BCUT2D eigenvalue weighted by atomic mass is 10.2. The van der Waals surface area contributed by atoms with Crippen molar-refractivity contribution in [2.45, 2.75) is 11.6 Å². The van der Waals surface area contributed by atoms with Crippen LogP contribution in [0.3, 0.4) is 0 Å². The number of hydrogen-bond donors (Lipinski definition) is 0. The van der Waals surface area contributed by atoms with Crippen molar-refractivity contribution in [1.82, 2.24) is 15.2 Å². The fourth-order valence-electron chi connectivity index (χ4n) is 2.67. The van der Waals surface area contributed by atoms with Gasteiger partial charge < -0.3 is 9.32 Å². The van der Waals surface area contributed by atoms with E-state index in [1.165, 1.54) is 17.3 Å². The van der Waals surface area contributed by atoms with Crippen LogP contribution in [0.25, 0.3) is 11.5 Å². The van der Waals surface area contributed by atoms with Crippen molar-refractivity contribution >= 4 is 23.4 Å². The number of thioether (sulfide) groups is 1. The summed E-state index contributed by atoms with van der Waals surface area (Å²) in [5.74, 6) is 0.721. The van der Waals surface area contributed by atoms with E-state index in [4.69, 9.17) is 4.42 Å². The summed E-state index contributed by atoms with van der Waals surface area (Å²) in [7, 11) is 0. The van der Waals surface area contributed by atoms with Crippen molar-refractivity contribution in [2.24, 2.45) is 0 Å². The van der Waals surface area contributed by atoms with Gasteiger partial charge in [0.25, 0.3) is 5.22 Å². The molecule has 1 aliphatic heterocycles. The molecule has 0 saturated carbocycles. The Hall–Kier alpha value is -2.67. The highest BCUT2D eigenvalue weighted by atomic mass is 32.2. The molecule has 0 spiro atoms. The SMILES string of the molecule is O=C(CSc1nnc(-c2cccnc2)o1)N1CCc2ccccc21. The van der Waals surface area contributed by atoms with Crippen molar-refractivity contribution in [3.63, 3.8) is 0 Å². The van der Waals surface area contributed by atoms with Gasteiger partial charge in [-0.1, -0.05) is 30.0 Å². The number of amides is 1. The average molecular weight is 338 g/mol. The summed E-state index contributed by atoms with van der Waals surface area (Å²) in [6.45, 7) is 0.726. The molecule has 1 aliphatic rings. The van der Waals surface area contributed by atoms with Crippen LogP contribution in [-0.2, 0) is 11.2 Å². The van der Waals surface area contributed by atoms with E-state index in [0.29, 0.717) is 11.1 Å². The molecular formula is C17H14N4O2S. The number of para-hydroxylation sites is 1. The summed E-state index contributed by atoms with van der Waals surface area (Å²) in [4.78, 5) is 18.3. The van der Waals surface area contributed by atoms with Gasteiger partial charge >= 0.3 is 0 Å². The van der Waals surface area contributed by atoms with Crippen LogP contribution in [0, 0.1) is 0 Å². The van der Waals surface area contributed by atoms with Gasteiger partial charge in [0.2, 0.25) is 11.8 Å². The van der Waals surface area contributed by atoms with Crippen molar-refractivity contribution in [3.8, 4) is 11.5 Å². The minimum atomic E-state index is 0.0473. The first-order chi connectivity index (χ1) is 11.8.